The molecule has 1 heterocycles. The first-order valence-corrected chi connectivity index (χ1v) is 5.69. The molecule has 0 amide bonds. The topological polar surface area (TPSA) is 30.3 Å². The lowest BCUT2D eigenvalue weighted by atomic mass is 10.3. The SMILES string of the molecule is CC.CC.CC(=N)N1CCN(C)CC1. The lowest BCUT2D eigenvalue weighted by Gasteiger charge is -2.32. The normalized spacial score (nSPS) is 16.0. The maximum absolute atomic E-state index is 7.36. The van der Waals surface area contributed by atoms with Crippen molar-refractivity contribution in [3.05, 3.63) is 0 Å². The van der Waals surface area contributed by atoms with Crippen molar-refractivity contribution in [1.29, 1.82) is 5.41 Å². The number of hydrogen-bond acceptors (Lipinski definition) is 2. The predicted molar refractivity (Wildman–Crippen MR) is 65.2 cm³/mol. The Labute approximate surface area is 89.6 Å². The first-order chi connectivity index (χ1) is 6.70. The Bertz CT molecular complexity index is 126. The van der Waals surface area contributed by atoms with E-state index >= 15 is 0 Å². The van der Waals surface area contributed by atoms with Crippen LogP contribution >= 0.6 is 0 Å². The molecule has 1 rings (SSSR count). The molecule has 0 spiro atoms. The Morgan fingerprint density at radius 1 is 0.929 bits per heavy atom. The highest BCUT2D eigenvalue weighted by Crippen LogP contribution is 1.98. The second kappa shape index (κ2) is 10.5. The Kier molecular flexibility index (Phi) is 11.9. The van der Waals surface area contributed by atoms with Gasteiger partial charge in [0.05, 0.1) is 5.84 Å². The Balaban J connectivity index is 0. The minimum Gasteiger partial charge on any atom is -0.358 e. The largest absolute Gasteiger partial charge is 0.358 e. The van der Waals surface area contributed by atoms with E-state index in [1.54, 1.807) is 0 Å². The van der Waals surface area contributed by atoms with E-state index in [2.05, 4.69) is 16.8 Å². The number of piperazine rings is 1. The number of rotatable bonds is 0. The lowest BCUT2D eigenvalue weighted by Crippen LogP contribution is -2.46. The minimum absolute atomic E-state index is 0.702. The summed E-state index contributed by atoms with van der Waals surface area (Å²) in [5.74, 6) is 0.702. The average Bonchev–Trinajstić information content (AvgIpc) is 2.24. The van der Waals surface area contributed by atoms with Gasteiger partial charge in [0.15, 0.2) is 0 Å². The molecular formula is C11H27N3. The van der Waals surface area contributed by atoms with Gasteiger partial charge in [-0.15, -0.1) is 0 Å². The molecule has 1 saturated heterocycles. The van der Waals surface area contributed by atoms with Crippen LogP contribution in [0.1, 0.15) is 34.6 Å². The third-order valence-corrected chi connectivity index (χ3v) is 1.98. The summed E-state index contributed by atoms with van der Waals surface area (Å²) in [6, 6.07) is 0. The number of nitrogens with zero attached hydrogens (tertiary/aromatic N) is 2. The molecule has 14 heavy (non-hydrogen) atoms. The highest BCUT2D eigenvalue weighted by molar-refractivity contribution is 5.76. The first kappa shape index (κ1) is 15.9. The molecule has 86 valence electrons. The molecule has 0 aromatic rings. The molecule has 0 atom stereocenters. The van der Waals surface area contributed by atoms with E-state index in [0.717, 1.165) is 26.2 Å². The summed E-state index contributed by atoms with van der Waals surface area (Å²) in [5.41, 5.74) is 0. The van der Waals surface area contributed by atoms with E-state index in [1.165, 1.54) is 0 Å². The molecular weight excluding hydrogens is 174 g/mol. The summed E-state index contributed by atoms with van der Waals surface area (Å²) < 4.78 is 0. The molecule has 1 fully saturated rings. The molecule has 0 aromatic heterocycles. The fourth-order valence-corrected chi connectivity index (χ4v) is 1.14. The van der Waals surface area contributed by atoms with Crippen molar-refractivity contribution in [2.75, 3.05) is 33.2 Å². The molecule has 3 nitrogen and oxygen atoms in total. The van der Waals surface area contributed by atoms with Gasteiger partial charge in [0.25, 0.3) is 0 Å². The smallest absolute Gasteiger partial charge is 0.0926 e. The van der Waals surface area contributed by atoms with Gasteiger partial charge in [-0.2, -0.15) is 0 Å². The molecule has 0 aliphatic carbocycles. The minimum atomic E-state index is 0.702. The summed E-state index contributed by atoms with van der Waals surface area (Å²) in [4.78, 5) is 4.40. The van der Waals surface area contributed by atoms with Crippen molar-refractivity contribution in [2.45, 2.75) is 34.6 Å². The highest BCUT2D eigenvalue weighted by Gasteiger charge is 2.12. The van der Waals surface area contributed by atoms with Crippen LogP contribution < -0.4 is 0 Å². The number of nitrogens with one attached hydrogen (secondary N) is 1. The van der Waals surface area contributed by atoms with Gasteiger partial charge in [0.2, 0.25) is 0 Å². The summed E-state index contributed by atoms with van der Waals surface area (Å²) in [7, 11) is 2.12. The fraction of sp³-hybridized carbons (Fsp3) is 0.909. The molecule has 0 unspecified atom stereocenters. The van der Waals surface area contributed by atoms with Crippen LogP contribution in [0.3, 0.4) is 0 Å². The summed E-state index contributed by atoms with van der Waals surface area (Å²) >= 11 is 0. The van der Waals surface area contributed by atoms with Crippen molar-refractivity contribution in [2.24, 2.45) is 0 Å². The van der Waals surface area contributed by atoms with Crippen molar-refractivity contribution in [3.8, 4) is 0 Å². The van der Waals surface area contributed by atoms with Gasteiger partial charge in [-0.05, 0) is 14.0 Å². The Morgan fingerprint density at radius 2 is 1.29 bits per heavy atom. The van der Waals surface area contributed by atoms with E-state index in [1.807, 2.05) is 34.6 Å². The van der Waals surface area contributed by atoms with Crippen LogP contribution in [0.15, 0.2) is 0 Å². The number of amidine groups is 1. The fourth-order valence-electron chi connectivity index (χ4n) is 1.14. The van der Waals surface area contributed by atoms with Crippen molar-refractivity contribution < 1.29 is 0 Å². The van der Waals surface area contributed by atoms with Gasteiger partial charge in [0.1, 0.15) is 0 Å². The van der Waals surface area contributed by atoms with Crippen LogP contribution in [0.2, 0.25) is 0 Å². The molecule has 0 aromatic carbocycles. The first-order valence-electron chi connectivity index (χ1n) is 5.69. The van der Waals surface area contributed by atoms with Crippen LogP contribution in [0, 0.1) is 5.41 Å². The molecule has 0 bridgehead atoms. The monoisotopic (exact) mass is 201 g/mol. The van der Waals surface area contributed by atoms with Gasteiger partial charge in [-0.1, -0.05) is 27.7 Å². The highest BCUT2D eigenvalue weighted by atomic mass is 15.3. The van der Waals surface area contributed by atoms with E-state index < -0.39 is 0 Å². The van der Waals surface area contributed by atoms with Gasteiger partial charge >= 0.3 is 0 Å². The van der Waals surface area contributed by atoms with Gasteiger partial charge < -0.3 is 9.80 Å². The van der Waals surface area contributed by atoms with E-state index in [4.69, 9.17) is 5.41 Å². The molecule has 3 heteroatoms. The lowest BCUT2D eigenvalue weighted by molar-refractivity contribution is 0.214. The average molecular weight is 201 g/mol. The third-order valence-electron chi connectivity index (χ3n) is 1.98. The van der Waals surface area contributed by atoms with Crippen LogP contribution in [0.4, 0.5) is 0 Å². The standard InChI is InChI=1S/C7H15N3.2C2H6/c1-7(8)10-5-3-9(2)4-6-10;2*1-2/h8H,3-6H2,1-2H3;2*1-2H3. The summed E-state index contributed by atoms with van der Waals surface area (Å²) in [6.07, 6.45) is 0. The summed E-state index contributed by atoms with van der Waals surface area (Å²) in [5, 5.41) is 7.36. The molecule has 1 aliphatic rings. The molecule has 0 saturated carbocycles. The van der Waals surface area contributed by atoms with E-state index in [9.17, 15) is 0 Å². The van der Waals surface area contributed by atoms with Gasteiger partial charge in [0, 0.05) is 26.2 Å². The third kappa shape index (κ3) is 6.89. The maximum atomic E-state index is 7.36. The van der Waals surface area contributed by atoms with E-state index in [-0.39, 0.29) is 0 Å². The number of hydrogen-bond donors (Lipinski definition) is 1. The molecule has 1 aliphatic heterocycles. The van der Waals surface area contributed by atoms with Crippen LogP contribution in [-0.4, -0.2) is 48.9 Å². The van der Waals surface area contributed by atoms with E-state index in [0.29, 0.717) is 5.84 Å². The maximum Gasteiger partial charge on any atom is 0.0926 e. The van der Waals surface area contributed by atoms with Crippen LogP contribution in [-0.2, 0) is 0 Å². The number of likely N-dealkylation sites (N-methyl/N-ethyl adjacent to an activating group) is 1. The second-order valence-corrected chi connectivity index (χ2v) is 2.88. The summed E-state index contributed by atoms with van der Waals surface area (Å²) in [6.45, 7) is 14.1. The van der Waals surface area contributed by atoms with Crippen LogP contribution in [0.25, 0.3) is 0 Å². The van der Waals surface area contributed by atoms with Crippen molar-refractivity contribution in [3.63, 3.8) is 0 Å². The molecule has 0 radical (unpaired) electrons. The zero-order valence-electron chi connectivity index (χ0n) is 10.7. The van der Waals surface area contributed by atoms with Crippen molar-refractivity contribution in [1.82, 2.24) is 9.80 Å². The zero-order valence-corrected chi connectivity index (χ0v) is 10.7. The quantitative estimate of drug-likeness (QED) is 0.481. The predicted octanol–water partition coefficient (Wildman–Crippen LogP) is 2.28. The Hall–Kier alpha value is -0.570. The van der Waals surface area contributed by atoms with Gasteiger partial charge in [-0.25, -0.2) is 0 Å². The second-order valence-electron chi connectivity index (χ2n) is 2.88. The molecule has 1 N–H and O–H groups in total. The van der Waals surface area contributed by atoms with Gasteiger partial charge in [-0.3, -0.25) is 5.41 Å². The van der Waals surface area contributed by atoms with Crippen LogP contribution in [0.5, 0.6) is 0 Å². The van der Waals surface area contributed by atoms with Crippen molar-refractivity contribution >= 4 is 5.84 Å². The zero-order chi connectivity index (χ0) is 11.6. The Morgan fingerprint density at radius 3 is 1.57 bits per heavy atom.